The summed E-state index contributed by atoms with van der Waals surface area (Å²) in [5.74, 6) is 1.57. The molecule has 2 nitrogen and oxygen atoms in total. The maximum absolute atomic E-state index is 6.11. The molecule has 0 saturated heterocycles. The van der Waals surface area contributed by atoms with Gasteiger partial charge in [-0.05, 0) is 56.8 Å². The third-order valence-electron chi connectivity index (χ3n) is 3.45. The smallest absolute Gasteiger partial charge is 0.122 e. The van der Waals surface area contributed by atoms with Crippen molar-refractivity contribution >= 4 is 0 Å². The van der Waals surface area contributed by atoms with Crippen molar-refractivity contribution in [2.75, 3.05) is 6.54 Å². The first-order chi connectivity index (χ1) is 8.93. The fraction of sp³-hybridized carbons (Fsp3) is 0.647. The van der Waals surface area contributed by atoms with E-state index in [9.17, 15) is 0 Å². The third kappa shape index (κ3) is 5.23. The van der Waals surface area contributed by atoms with Gasteiger partial charge in [0.1, 0.15) is 5.75 Å². The maximum atomic E-state index is 6.11. The summed E-state index contributed by atoms with van der Waals surface area (Å²) in [6.45, 7) is 14.0. The molecule has 1 rings (SSSR count). The first-order valence-electron chi connectivity index (χ1n) is 7.44. The second-order valence-corrected chi connectivity index (χ2v) is 5.80. The van der Waals surface area contributed by atoms with Crippen LogP contribution in [0.4, 0.5) is 0 Å². The van der Waals surface area contributed by atoms with Crippen LogP contribution in [0.2, 0.25) is 0 Å². The molecular formula is C17H29NO. The number of aryl methyl sites for hydroxylation is 1. The van der Waals surface area contributed by atoms with Crippen molar-refractivity contribution in [3.05, 3.63) is 29.3 Å². The average molecular weight is 263 g/mol. The Hall–Kier alpha value is -1.02. The van der Waals surface area contributed by atoms with Crippen LogP contribution in [-0.2, 0) is 0 Å². The summed E-state index contributed by atoms with van der Waals surface area (Å²) in [6, 6.07) is 7.03. The van der Waals surface area contributed by atoms with Crippen molar-refractivity contribution in [1.29, 1.82) is 0 Å². The second-order valence-electron chi connectivity index (χ2n) is 5.80. The van der Waals surface area contributed by atoms with Gasteiger partial charge in [-0.3, -0.25) is 0 Å². The molecule has 2 heteroatoms. The van der Waals surface area contributed by atoms with Crippen molar-refractivity contribution in [2.45, 2.75) is 66.0 Å². The minimum absolute atomic E-state index is 0.232. The third-order valence-corrected chi connectivity index (χ3v) is 3.45. The van der Waals surface area contributed by atoms with E-state index in [1.807, 2.05) is 0 Å². The molecule has 1 N–H and O–H groups in total. The Balaban J connectivity index is 2.67. The van der Waals surface area contributed by atoms with Crippen LogP contribution in [0.5, 0.6) is 5.75 Å². The van der Waals surface area contributed by atoms with Gasteiger partial charge in [0.05, 0.1) is 6.10 Å². The summed E-state index contributed by atoms with van der Waals surface area (Å²) in [4.78, 5) is 0. The van der Waals surface area contributed by atoms with Crippen molar-refractivity contribution in [3.8, 4) is 5.75 Å². The fourth-order valence-electron chi connectivity index (χ4n) is 2.30. The van der Waals surface area contributed by atoms with E-state index in [-0.39, 0.29) is 6.10 Å². The zero-order valence-corrected chi connectivity index (χ0v) is 13.3. The SMILES string of the molecule is CCNC(C)CC(C)Oc1cc(C(C)C)ccc1C. The van der Waals surface area contributed by atoms with Crippen LogP contribution in [0.3, 0.4) is 0 Å². The van der Waals surface area contributed by atoms with Gasteiger partial charge in [0.25, 0.3) is 0 Å². The number of hydrogen-bond donors (Lipinski definition) is 1. The van der Waals surface area contributed by atoms with Crippen molar-refractivity contribution in [2.24, 2.45) is 0 Å². The predicted octanol–water partition coefficient (Wildman–Crippen LogP) is 4.27. The molecule has 0 amide bonds. The summed E-state index contributed by atoms with van der Waals surface area (Å²) < 4.78 is 6.11. The van der Waals surface area contributed by atoms with Crippen molar-refractivity contribution < 1.29 is 4.74 Å². The molecular weight excluding hydrogens is 234 g/mol. The monoisotopic (exact) mass is 263 g/mol. The highest BCUT2D eigenvalue weighted by Gasteiger charge is 2.11. The van der Waals surface area contributed by atoms with E-state index in [4.69, 9.17) is 4.74 Å². The van der Waals surface area contributed by atoms with Gasteiger partial charge >= 0.3 is 0 Å². The van der Waals surface area contributed by atoms with E-state index < -0.39 is 0 Å². The molecule has 0 heterocycles. The van der Waals surface area contributed by atoms with E-state index in [0.29, 0.717) is 12.0 Å². The first-order valence-corrected chi connectivity index (χ1v) is 7.44. The second kappa shape index (κ2) is 7.54. The van der Waals surface area contributed by atoms with Gasteiger partial charge in [-0.15, -0.1) is 0 Å². The molecule has 2 atom stereocenters. The molecule has 0 aliphatic heterocycles. The Morgan fingerprint density at radius 1 is 1.16 bits per heavy atom. The number of hydrogen-bond acceptors (Lipinski definition) is 2. The van der Waals surface area contributed by atoms with Crippen molar-refractivity contribution in [1.82, 2.24) is 5.32 Å². The van der Waals surface area contributed by atoms with Crippen LogP contribution in [-0.4, -0.2) is 18.7 Å². The van der Waals surface area contributed by atoms with Crippen LogP contribution in [0.1, 0.15) is 58.1 Å². The minimum Gasteiger partial charge on any atom is -0.490 e. The zero-order chi connectivity index (χ0) is 14.4. The maximum Gasteiger partial charge on any atom is 0.122 e. The standard InChI is InChI=1S/C17H29NO/c1-7-18-14(5)10-15(6)19-17-11-16(12(2)3)9-8-13(17)4/h8-9,11-12,14-15,18H,7,10H2,1-6H3. The van der Waals surface area contributed by atoms with Gasteiger partial charge in [0.2, 0.25) is 0 Å². The number of rotatable bonds is 7. The molecule has 0 radical (unpaired) electrons. The predicted molar refractivity (Wildman–Crippen MR) is 83.1 cm³/mol. The lowest BCUT2D eigenvalue weighted by Gasteiger charge is -2.21. The molecule has 0 spiro atoms. The Morgan fingerprint density at radius 2 is 1.84 bits per heavy atom. The highest BCUT2D eigenvalue weighted by atomic mass is 16.5. The van der Waals surface area contributed by atoms with E-state index in [1.165, 1.54) is 11.1 Å². The largest absolute Gasteiger partial charge is 0.490 e. The highest BCUT2D eigenvalue weighted by molar-refractivity contribution is 5.37. The summed E-state index contributed by atoms with van der Waals surface area (Å²) >= 11 is 0. The van der Waals surface area contributed by atoms with Crippen LogP contribution >= 0.6 is 0 Å². The van der Waals surface area contributed by atoms with E-state index in [1.54, 1.807) is 0 Å². The lowest BCUT2D eigenvalue weighted by atomic mass is 10.0. The minimum atomic E-state index is 0.232. The number of benzene rings is 1. The molecule has 0 fully saturated rings. The summed E-state index contributed by atoms with van der Waals surface area (Å²) in [5.41, 5.74) is 2.56. The van der Waals surface area contributed by atoms with Crippen molar-refractivity contribution in [3.63, 3.8) is 0 Å². The summed E-state index contributed by atoms with van der Waals surface area (Å²) in [5, 5.41) is 3.43. The lowest BCUT2D eigenvalue weighted by Crippen LogP contribution is -2.30. The van der Waals surface area contributed by atoms with Crippen LogP contribution in [0.25, 0.3) is 0 Å². The van der Waals surface area contributed by atoms with Gasteiger partial charge in [-0.25, -0.2) is 0 Å². The molecule has 0 aliphatic carbocycles. The zero-order valence-electron chi connectivity index (χ0n) is 13.3. The number of ether oxygens (including phenoxy) is 1. The Morgan fingerprint density at radius 3 is 2.42 bits per heavy atom. The molecule has 2 unspecified atom stereocenters. The number of nitrogens with one attached hydrogen (secondary N) is 1. The van der Waals surface area contributed by atoms with Crippen LogP contribution < -0.4 is 10.1 Å². The highest BCUT2D eigenvalue weighted by Crippen LogP contribution is 2.25. The van der Waals surface area contributed by atoms with Gasteiger partial charge in [-0.1, -0.05) is 32.9 Å². The van der Waals surface area contributed by atoms with Gasteiger partial charge in [-0.2, -0.15) is 0 Å². The topological polar surface area (TPSA) is 21.3 Å². The molecule has 108 valence electrons. The molecule has 0 bridgehead atoms. The quantitative estimate of drug-likeness (QED) is 0.793. The molecule has 19 heavy (non-hydrogen) atoms. The molecule has 0 aromatic heterocycles. The normalized spacial score (nSPS) is 14.5. The van der Waals surface area contributed by atoms with Crippen LogP contribution in [0, 0.1) is 6.92 Å². The molecule has 0 aliphatic rings. The van der Waals surface area contributed by atoms with Gasteiger partial charge in [0.15, 0.2) is 0 Å². The van der Waals surface area contributed by atoms with Gasteiger partial charge < -0.3 is 10.1 Å². The Labute approximate surface area is 118 Å². The molecule has 1 aromatic rings. The molecule has 1 aromatic carbocycles. The van der Waals surface area contributed by atoms with E-state index in [0.717, 1.165) is 18.7 Å². The summed E-state index contributed by atoms with van der Waals surface area (Å²) in [7, 11) is 0. The first kappa shape index (κ1) is 16.0. The van der Waals surface area contributed by atoms with E-state index in [2.05, 4.69) is 65.1 Å². The van der Waals surface area contributed by atoms with Crippen LogP contribution in [0.15, 0.2) is 18.2 Å². The fourth-order valence-corrected chi connectivity index (χ4v) is 2.30. The summed E-state index contributed by atoms with van der Waals surface area (Å²) in [6.07, 6.45) is 1.26. The van der Waals surface area contributed by atoms with Gasteiger partial charge in [0, 0.05) is 6.04 Å². The van der Waals surface area contributed by atoms with E-state index >= 15 is 0 Å². The Bertz CT molecular complexity index is 387. The lowest BCUT2D eigenvalue weighted by molar-refractivity contribution is 0.195. The molecule has 0 saturated carbocycles. The average Bonchev–Trinajstić information content (AvgIpc) is 2.31. The Kier molecular flexibility index (Phi) is 6.36.